The minimum Gasteiger partial charge on any atom is -0.368 e. The molecule has 0 spiro atoms. The SMILES string of the molecule is CC1CC(C)(C)CCC1(NCCCN=[N+]=[N-])C(N)=O. The molecule has 1 aliphatic rings. The molecule has 1 rings (SSSR count). The summed E-state index contributed by atoms with van der Waals surface area (Å²) in [5, 5.41) is 6.81. The van der Waals surface area contributed by atoms with Crippen LogP contribution < -0.4 is 11.1 Å². The molecule has 0 bridgehead atoms. The molecule has 1 aliphatic carbocycles. The molecule has 108 valence electrons. The van der Waals surface area contributed by atoms with Gasteiger partial charge < -0.3 is 11.1 Å². The third-order valence-electron chi connectivity index (χ3n) is 4.27. The maximum atomic E-state index is 11.9. The van der Waals surface area contributed by atoms with Crippen LogP contribution in [-0.4, -0.2) is 24.5 Å². The fourth-order valence-electron chi connectivity index (χ4n) is 3.11. The first-order valence-corrected chi connectivity index (χ1v) is 6.90. The number of nitrogens with one attached hydrogen (secondary N) is 1. The molecule has 1 fully saturated rings. The number of carbonyl (C=O) groups excluding carboxylic acids is 1. The highest BCUT2D eigenvalue weighted by Gasteiger charge is 2.47. The lowest BCUT2D eigenvalue weighted by Gasteiger charge is -2.47. The van der Waals surface area contributed by atoms with Crippen molar-refractivity contribution in [1.29, 1.82) is 0 Å². The second kappa shape index (κ2) is 6.26. The van der Waals surface area contributed by atoms with Crippen molar-refractivity contribution in [2.45, 2.75) is 52.0 Å². The molecular weight excluding hydrogens is 242 g/mol. The Balaban J connectivity index is 2.65. The topological polar surface area (TPSA) is 104 Å². The zero-order chi connectivity index (χ0) is 14.5. The van der Waals surface area contributed by atoms with Crippen LogP contribution in [0.25, 0.3) is 10.4 Å². The van der Waals surface area contributed by atoms with Crippen molar-refractivity contribution in [2.24, 2.45) is 22.2 Å². The fraction of sp³-hybridized carbons (Fsp3) is 0.923. The molecule has 1 amide bonds. The Morgan fingerprint density at radius 2 is 2.21 bits per heavy atom. The van der Waals surface area contributed by atoms with Gasteiger partial charge in [0, 0.05) is 11.5 Å². The van der Waals surface area contributed by atoms with Gasteiger partial charge >= 0.3 is 0 Å². The van der Waals surface area contributed by atoms with E-state index in [0.717, 1.165) is 25.7 Å². The number of azide groups is 1. The molecule has 6 nitrogen and oxygen atoms in total. The van der Waals surface area contributed by atoms with Gasteiger partial charge in [0.05, 0.1) is 0 Å². The van der Waals surface area contributed by atoms with Crippen LogP contribution in [0.3, 0.4) is 0 Å². The molecule has 1 saturated carbocycles. The Labute approximate surface area is 114 Å². The Bertz CT molecular complexity index is 375. The van der Waals surface area contributed by atoms with Crippen LogP contribution in [-0.2, 0) is 4.79 Å². The number of carbonyl (C=O) groups is 1. The lowest BCUT2D eigenvalue weighted by molar-refractivity contribution is -0.129. The Morgan fingerprint density at radius 3 is 2.74 bits per heavy atom. The molecule has 0 aromatic carbocycles. The van der Waals surface area contributed by atoms with Crippen molar-refractivity contribution in [3.8, 4) is 0 Å². The number of hydrogen-bond acceptors (Lipinski definition) is 3. The highest BCUT2D eigenvalue weighted by Crippen LogP contribution is 2.43. The quantitative estimate of drug-likeness (QED) is 0.334. The highest BCUT2D eigenvalue weighted by atomic mass is 16.1. The van der Waals surface area contributed by atoms with E-state index in [9.17, 15) is 4.79 Å². The average molecular weight is 267 g/mol. The summed E-state index contributed by atoms with van der Waals surface area (Å²) in [7, 11) is 0. The third kappa shape index (κ3) is 3.85. The number of primary amides is 1. The second-order valence-electron chi connectivity index (χ2n) is 6.34. The van der Waals surface area contributed by atoms with E-state index in [4.69, 9.17) is 11.3 Å². The Kier molecular flexibility index (Phi) is 5.20. The molecule has 19 heavy (non-hydrogen) atoms. The van der Waals surface area contributed by atoms with E-state index in [0.29, 0.717) is 13.1 Å². The number of amides is 1. The molecule has 0 aromatic rings. The average Bonchev–Trinajstić information content (AvgIpc) is 2.30. The summed E-state index contributed by atoms with van der Waals surface area (Å²) in [5.74, 6) is -0.0486. The van der Waals surface area contributed by atoms with Gasteiger partial charge in [-0.25, -0.2) is 0 Å². The fourth-order valence-corrected chi connectivity index (χ4v) is 3.11. The van der Waals surface area contributed by atoms with Crippen molar-refractivity contribution in [1.82, 2.24) is 5.32 Å². The molecule has 2 unspecified atom stereocenters. The van der Waals surface area contributed by atoms with Gasteiger partial charge in [0.1, 0.15) is 5.54 Å². The van der Waals surface area contributed by atoms with Gasteiger partial charge in [-0.05, 0) is 49.1 Å². The van der Waals surface area contributed by atoms with Crippen LogP contribution in [0.2, 0.25) is 0 Å². The van der Waals surface area contributed by atoms with Gasteiger partial charge in [-0.15, -0.1) is 0 Å². The van der Waals surface area contributed by atoms with Crippen molar-refractivity contribution >= 4 is 5.91 Å². The number of nitrogens with zero attached hydrogens (tertiary/aromatic N) is 3. The summed E-state index contributed by atoms with van der Waals surface area (Å²) in [5.41, 5.74) is 13.5. The molecule has 0 saturated heterocycles. The first kappa shape index (κ1) is 15.8. The smallest absolute Gasteiger partial charge is 0.238 e. The van der Waals surface area contributed by atoms with Gasteiger partial charge in [-0.3, -0.25) is 4.79 Å². The zero-order valence-electron chi connectivity index (χ0n) is 12.1. The summed E-state index contributed by atoms with van der Waals surface area (Å²) < 4.78 is 0. The summed E-state index contributed by atoms with van der Waals surface area (Å²) in [6.07, 6.45) is 3.47. The van der Waals surface area contributed by atoms with Crippen LogP contribution in [0.5, 0.6) is 0 Å². The summed E-state index contributed by atoms with van der Waals surface area (Å²) in [6, 6.07) is 0. The largest absolute Gasteiger partial charge is 0.368 e. The van der Waals surface area contributed by atoms with Gasteiger partial charge in [-0.2, -0.15) is 0 Å². The first-order valence-electron chi connectivity index (χ1n) is 6.90. The van der Waals surface area contributed by atoms with Crippen molar-refractivity contribution in [3.63, 3.8) is 0 Å². The van der Waals surface area contributed by atoms with Gasteiger partial charge in [-0.1, -0.05) is 25.9 Å². The normalized spacial score (nSPS) is 29.5. The Morgan fingerprint density at radius 1 is 1.53 bits per heavy atom. The summed E-state index contributed by atoms with van der Waals surface area (Å²) in [6.45, 7) is 7.64. The van der Waals surface area contributed by atoms with Crippen molar-refractivity contribution in [2.75, 3.05) is 13.1 Å². The third-order valence-corrected chi connectivity index (χ3v) is 4.27. The van der Waals surface area contributed by atoms with E-state index in [1.807, 2.05) is 0 Å². The molecule has 0 heterocycles. The molecule has 0 radical (unpaired) electrons. The first-order chi connectivity index (χ1) is 8.84. The van der Waals surface area contributed by atoms with E-state index in [-0.39, 0.29) is 17.2 Å². The van der Waals surface area contributed by atoms with Crippen molar-refractivity contribution in [3.05, 3.63) is 10.4 Å². The lowest BCUT2D eigenvalue weighted by atomic mass is 9.63. The number of nitrogens with two attached hydrogens (primary N) is 1. The zero-order valence-corrected chi connectivity index (χ0v) is 12.1. The molecular formula is C13H25N5O. The van der Waals surface area contributed by atoms with Crippen molar-refractivity contribution < 1.29 is 4.79 Å². The molecule has 0 aromatic heterocycles. The van der Waals surface area contributed by atoms with Gasteiger partial charge in [0.2, 0.25) is 5.91 Å². The standard InChI is InChI=1S/C13H25N5O/c1-10-9-12(2,3)5-6-13(10,11(14)19)16-7-4-8-17-18-15/h10,16H,4-9H2,1-3H3,(H2,14,19). The predicted molar refractivity (Wildman–Crippen MR) is 75.4 cm³/mol. The summed E-state index contributed by atoms with van der Waals surface area (Å²) >= 11 is 0. The van der Waals surface area contributed by atoms with E-state index >= 15 is 0 Å². The van der Waals surface area contributed by atoms with Gasteiger partial charge in [0.15, 0.2) is 0 Å². The van der Waals surface area contributed by atoms with Crippen LogP contribution >= 0.6 is 0 Å². The minimum absolute atomic E-state index is 0.216. The highest BCUT2D eigenvalue weighted by molar-refractivity contribution is 5.85. The molecule has 0 aliphatic heterocycles. The second-order valence-corrected chi connectivity index (χ2v) is 6.34. The van der Waals surface area contributed by atoms with E-state index in [2.05, 4.69) is 36.1 Å². The molecule has 3 N–H and O–H groups in total. The maximum absolute atomic E-state index is 11.9. The van der Waals surface area contributed by atoms with E-state index in [1.165, 1.54) is 0 Å². The Hall–Kier alpha value is -1.26. The minimum atomic E-state index is -0.605. The van der Waals surface area contributed by atoms with E-state index < -0.39 is 5.54 Å². The number of hydrogen-bond donors (Lipinski definition) is 2. The van der Waals surface area contributed by atoms with Crippen LogP contribution in [0.4, 0.5) is 0 Å². The maximum Gasteiger partial charge on any atom is 0.238 e. The van der Waals surface area contributed by atoms with Crippen LogP contribution in [0.1, 0.15) is 46.5 Å². The predicted octanol–water partition coefficient (Wildman–Crippen LogP) is 2.35. The molecule has 2 atom stereocenters. The van der Waals surface area contributed by atoms with Crippen LogP contribution in [0, 0.1) is 11.3 Å². The summed E-state index contributed by atoms with van der Waals surface area (Å²) in [4.78, 5) is 14.6. The molecule has 6 heteroatoms. The van der Waals surface area contributed by atoms with E-state index in [1.54, 1.807) is 0 Å². The monoisotopic (exact) mass is 267 g/mol. The lowest BCUT2D eigenvalue weighted by Crippen LogP contribution is -2.62. The van der Waals surface area contributed by atoms with Crippen LogP contribution in [0.15, 0.2) is 5.11 Å². The number of rotatable bonds is 6. The van der Waals surface area contributed by atoms with Gasteiger partial charge in [0.25, 0.3) is 0 Å².